The van der Waals surface area contributed by atoms with Crippen LogP contribution in [0.15, 0.2) is 0 Å². The van der Waals surface area contributed by atoms with Gasteiger partial charge in [0, 0.05) is 19.0 Å². The van der Waals surface area contributed by atoms with Gasteiger partial charge in [-0.15, -0.1) is 0 Å². The van der Waals surface area contributed by atoms with Gasteiger partial charge in [0.1, 0.15) is 0 Å². The number of hydrogen-bond acceptors (Lipinski definition) is 2. The molecule has 4 nitrogen and oxygen atoms in total. The van der Waals surface area contributed by atoms with Crippen LogP contribution >= 0.6 is 0 Å². The summed E-state index contributed by atoms with van der Waals surface area (Å²) in [4.78, 5) is 24.1. The van der Waals surface area contributed by atoms with Crippen LogP contribution in [0.4, 0.5) is 0 Å². The molecule has 0 spiro atoms. The van der Waals surface area contributed by atoms with Gasteiger partial charge in [0.05, 0.1) is 5.92 Å². The number of likely N-dealkylation sites (tertiary alicyclic amines) is 1. The van der Waals surface area contributed by atoms with E-state index in [2.05, 4.69) is 0 Å². The lowest BCUT2D eigenvalue weighted by molar-refractivity contribution is -0.141. The summed E-state index contributed by atoms with van der Waals surface area (Å²) in [6.07, 6.45) is 3.77. The van der Waals surface area contributed by atoms with E-state index < -0.39 is 11.9 Å². The molecular weight excluding hydrogens is 194 g/mol. The maximum atomic E-state index is 11.6. The highest BCUT2D eigenvalue weighted by Gasteiger charge is 2.38. The molecule has 1 aliphatic carbocycles. The van der Waals surface area contributed by atoms with E-state index in [-0.39, 0.29) is 18.4 Å². The van der Waals surface area contributed by atoms with Crippen LogP contribution in [0, 0.1) is 11.8 Å². The van der Waals surface area contributed by atoms with E-state index in [0.29, 0.717) is 6.54 Å². The van der Waals surface area contributed by atoms with Crippen molar-refractivity contribution < 1.29 is 14.7 Å². The first-order valence-corrected chi connectivity index (χ1v) is 5.60. The Labute approximate surface area is 89.3 Å². The molecule has 0 radical (unpaired) electrons. The molecule has 1 heterocycles. The zero-order chi connectivity index (χ0) is 11.0. The van der Waals surface area contributed by atoms with Crippen molar-refractivity contribution in [3.8, 4) is 0 Å². The van der Waals surface area contributed by atoms with Crippen LogP contribution in [0.5, 0.6) is 0 Å². The number of carboxylic acid groups (broad SMARTS) is 1. The fourth-order valence-corrected chi connectivity index (χ4v) is 2.29. The number of amides is 1. The molecule has 15 heavy (non-hydrogen) atoms. The number of nitrogens with zero attached hydrogens (tertiary/aromatic N) is 1. The minimum Gasteiger partial charge on any atom is -0.481 e. The number of carboxylic acids is 1. The van der Waals surface area contributed by atoms with E-state index in [9.17, 15) is 9.59 Å². The predicted molar refractivity (Wildman–Crippen MR) is 54.3 cm³/mol. The average molecular weight is 211 g/mol. The minimum absolute atomic E-state index is 0.00977. The van der Waals surface area contributed by atoms with Crippen molar-refractivity contribution in [2.24, 2.45) is 11.8 Å². The Kier molecular flexibility index (Phi) is 2.67. The highest BCUT2D eigenvalue weighted by Crippen LogP contribution is 2.35. The van der Waals surface area contributed by atoms with Crippen LogP contribution in [0.25, 0.3) is 0 Å². The van der Waals surface area contributed by atoms with E-state index in [1.54, 1.807) is 4.90 Å². The second kappa shape index (κ2) is 3.83. The molecule has 1 N–H and O–H groups in total. The molecule has 0 aromatic carbocycles. The zero-order valence-electron chi connectivity index (χ0n) is 8.98. The molecule has 0 aromatic rings. The van der Waals surface area contributed by atoms with Gasteiger partial charge in [-0.2, -0.15) is 0 Å². The van der Waals surface area contributed by atoms with Gasteiger partial charge < -0.3 is 10.0 Å². The van der Waals surface area contributed by atoms with Gasteiger partial charge >= 0.3 is 5.97 Å². The summed E-state index contributed by atoms with van der Waals surface area (Å²) in [5.41, 5.74) is 0. The molecular formula is C11H17NO3. The lowest BCUT2D eigenvalue weighted by Crippen LogP contribution is -2.35. The number of carbonyl (C=O) groups excluding carboxylic acids is 1. The first kappa shape index (κ1) is 10.5. The van der Waals surface area contributed by atoms with Gasteiger partial charge in [-0.25, -0.2) is 0 Å². The Morgan fingerprint density at radius 2 is 2.27 bits per heavy atom. The SMILES string of the molecule is CC(CC1CC1)N1CC(C(=O)O)CC1=O. The highest BCUT2D eigenvalue weighted by atomic mass is 16.4. The van der Waals surface area contributed by atoms with Crippen molar-refractivity contribution in [3.63, 3.8) is 0 Å². The normalized spacial score (nSPS) is 28.2. The lowest BCUT2D eigenvalue weighted by Gasteiger charge is -2.24. The Morgan fingerprint density at radius 3 is 2.73 bits per heavy atom. The number of hydrogen-bond donors (Lipinski definition) is 1. The summed E-state index contributed by atoms with van der Waals surface area (Å²) in [5.74, 6) is -0.546. The smallest absolute Gasteiger partial charge is 0.308 e. The summed E-state index contributed by atoms with van der Waals surface area (Å²) in [6, 6.07) is 0.217. The molecule has 2 unspecified atom stereocenters. The maximum absolute atomic E-state index is 11.6. The van der Waals surface area contributed by atoms with Crippen LogP contribution in [0.2, 0.25) is 0 Å². The molecule has 84 valence electrons. The van der Waals surface area contributed by atoms with Crippen molar-refractivity contribution in [1.29, 1.82) is 0 Å². The van der Waals surface area contributed by atoms with Crippen molar-refractivity contribution >= 4 is 11.9 Å². The van der Waals surface area contributed by atoms with E-state index in [4.69, 9.17) is 5.11 Å². The summed E-state index contributed by atoms with van der Waals surface area (Å²) >= 11 is 0. The van der Waals surface area contributed by atoms with Crippen molar-refractivity contribution in [2.75, 3.05) is 6.54 Å². The number of aliphatic carboxylic acids is 1. The van der Waals surface area contributed by atoms with Crippen molar-refractivity contribution in [1.82, 2.24) is 4.90 Å². The molecule has 1 amide bonds. The maximum Gasteiger partial charge on any atom is 0.308 e. The van der Waals surface area contributed by atoms with E-state index in [1.807, 2.05) is 6.92 Å². The molecule has 0 aromatic heterocycles. The second-order valence-electron chi connectivity index (χ2n) is 4.81. The molecule has 0 bridgehead atoms. The van der Waals surface area contributed by atoms with Crippen LogP contribution in [-0.2, 0) is 9.59 Å². The van der Waals surface area contributed by atoms with Crippen molar-refractivity contribution in [3.05, 3.63) is 0 Å². The summed E-state index contributed by atoms with van der Waals surface area (Å²) in [6.45, 7) is 2.43. The molecule has 1 aliphatic heterocycles. The number of carbonyl (C=O) groups is 2. The molecule has 2 rings (SSSR count). The lowest BCUT2D eigenvalue weighted by atomic mass is 10.1. The minimum atomic E-state index is -0.843. The van der Waals surface area contributed by atoms with Crippen LogP contribution in [0.3, 0.4) is 0 Å². The van der Waals surface area contributed by atoms with Crippen LogP contribution < -0.4 is 0 Å². The van der Waals surface area contributed by atoms with E-state index >= 15 is 0 Å². The van der Waals surface area contributed by atoms with Crippen LogP contribution in [0.1, 0.15) is 32.6 Å². The molecule has 4 heteroatoms. The monoisotopic (exact) mass is 211 g/mol. The number of rotatable bonds is 4. The first-order chi connectivity index (χ1) is 7.08. The van der Waals surface area contributed by atoms with Gasteiger partial charge in [-0.1, -0.05) is 12.8 Å². The topological polar surface area (TPSA) is 57.6 Å². The quantitative estimate of drug-likeness (QED) is 0.757. The van der Waals surface area contributed by atoms with Gasteiger partial charge in [-0.3, -0.25) is 9.59 Å². The highest BCUT2D eigenvalue weighted by molar-refractivity contribution is 5.86. The van der Waals surface area contributed by atoms with Gasteiger partial charge in [0.25, 0.3) is 0 Å². The molecule has 1 saturated heterocycles. The predicted octanol–water partition coefficient (Wildman–Crippen LogP) is 1.11. The van der Waals surface area contributed by atoms with Gasteiger partial charge in [0.15, 0.2) is 0 Å². The summed E-state index contributed by atoms with van der Waals surface area (Å²) in [5, 5.41) is 8.85. The fraction of sp³-hybridized carbons (Fsp3) is 0.818. The van der Waals surface area contributed by atoms with Crippen molar-refractivity contribution in [2.45, 2.75) is 38.6 Å². The van der Waals surface area contributed by atoms with Crippen LogP contribution in [-0.4, -0.2) is 34.5 Å². The third-order valence-electron chi connectivity index (χ3n) is 3.41. The Balaban J connectivity index is 1.91. The first-order valence-electron chi connectivity index (χ1n) is 5.60. The standard InChI is InChI=1S/C11H17NO3/c1-7(4-8-2-3-8)12-6-9(11(14)15)5-10(12)13/h7-9H,2-6H2,1H3,(H,14,15). The molecule has 1 saturated carbocycles. The molecule has 2 atom stereocenters. The fourth-order valence-electron chi connectivity index (χ4n) is 2.29. The van der Waals surface area contributed by atoms with Gasteiger partial charge in [-0.05, 0) is 19.3 Å². The molecule has 2 aliphatic rings. The van der Waals surface area contributed by atoms with E-state index in [1.165, 1.54) is 12.8 Å². The second-order valence-corrected chi connectivity index (χ2v) is 4.81. The Bertz CT molecular complexity index is 286. The summed E-state index contributed by atoms with van der Waals surface area (Å²) < 4.78 is 0. The van der Waals surface area contributed by atoms with E-state index in [0.717, 1.165) is 12.3 Å². The third kappa shape index (κ3) is 2.30. The summed E-state index contributed by atoms with van der Waals surface area (Å²) in [7, 11) is 0. The Hall–Kier alpha value is -1.06. The average Bonchev–Trinajstić information content (AvgIpc) is 2.86. The van der Waals surface area contributed by atoms with Gasteiger partial charge in [0.2, 0.25) is 5.91 Å². The largest absolute Gasteiger partial charge is 0.481 e. The zero-order valence-corrected chi connectivity index (χ0v) is 8.98. The third-order valence-corrected chi connectivity index (χ3v) is 3.41. The molecule has 2 fully saturated rings. The Morgan fingerprint density at radius 1 is 1.60 bits per heavy atom.